The quantitative estimate of drug-likeness (QED) is 0.806. The lowest BCUT2D eigenvalue weighted by molar-refractivity contribution is 1.21. The molecule has 0 aliphatic rings. The van der Waals surface area contributed by atoms with E-state index in [1.807, 2.05) is 0 Å². The van der Waals surface area contributed by atoms with Crippen LogP contribution in [0.5, 0.6) is 0 Å². The number of anilines is 1. The van der Waals surface area contributed by atoms with Gasteiger partial charge in [0, 0.05) is 17.8 Å². The van der Waals surface area contributed by atoms with Crippen LogP contribution in [0.2, 0.25) is 0 Å². The molecule has 0 aliphatic heterocycles. The molecule has 0 aromatic heterocycles. The predicted octanol–water partition coefficient (Wildman–Crippen LogP) is 4.09. The number of benzene rings is 2. The molecule has 2 aromatic carbocycles. The van der Waals surface area contributed by atoms with E-state index in [9.17, 15) is 0 Å². The van der Waals surface area contributed by atoms with Gasteiger partial charge in [-0.2, -0.15) is 0 Å². The Morgan fingerprint density at radius 2 is 1.62 bits per heavy atom. The number of rotatable bonds is 3. The predicted molar refractivity (Wildman–Crippen MR) is 70.8 cm³/mol. The van der Waals surface area contributed by atoms with E-state index in [0.717, 1.165) is 6.54 Å². The molecule has 16 heavy (non-hydrogen) atoms. The Bertz CT molecular complexity index is 457. The molecule has 1 heteroatoms. The van der Waals surface area contributed by atoms with E-state index in [1.165, 1.54) is 22.4 Å². The summed E-state index contributed by atoms with van der Waals surface area (Å²) >= 11 is 0. The van der Waals surface area contributed by atoms with Gasteiger partial charge in [-0.3, -0.25) is 0 Å². The first-order chi connectivity index (χ1) is 7.81. The standard InChI is InChI=1S/C15H17N/c1-3-16-15-7-5-4-6-14(15)13-10-8-12(2)9-11-13/h4-11,16H,3H2,1-2H3. The van der Waals surface area contributed by atoms with Crippen molar-refractivity contribution in [3.05, 3.63) is 54.1 Å². The molecule has 1 N–H and O–H groups in total. The van der Waals surface area contributed by atoms with Gasteiger partial charge in [0.1, 0.15) is 0 Å². The Labute approximate surface area is 97.1 Å². The van der Waals surface area contributed by atoms with E-state index in [0.29, 0.717) is 0 Å². The van der Waals surface area contributed by atoms with Crippen molar-refractivity contribution in [3.8, 4) is 11.1 Å². The molecule has 0 saturated heterocycles. The number of aryl methyl sites for hydroxylation is 1. The summed E-state index contributed by atoms with van der Waals surface area (Å²) in [7, 11) is 0. The second-order valence-corrected chi connectivity index (χ2v) is 3.94. The van der Waals surface area contributed by atoms with Gasteiger partial charge in [-0.25, -0.2) is 0 Å². The van der Waals surface area contributed by atoms with Crippen molar-refractivity contribution in [1.29, 1.82) is 0 Å². The zero-order valence-electron chi connectivity index (χ0n) is 9.83. The van der Waals surface area contributed by atoms with Crippen LogP contribution in [0, 0.1) is 6.92 Å². The Balaban J connectivity index is 2.42. The molecule has 0 bridgehead atoms. The first kappa shape index (κ1) is 10.7. The van der Waals surface area contributed by atoms with Crippen LogP contribution in [0.25, 0.3) is 11.1 Å². The second-order valence-electron chi connectivity index (χ2n) is 3.94. The lowest BCUT2D eigenvalue weighted by atomic mass is 10.0. The van der Waals surface area contributed by atoms with Crippen LogP contribution in [0.1, 0.15) is 12.5 Å². The Morgan fingerprint density at radius 1 is 0.938 bits per heavy atom. The van der Waals surface area contributed by atoms with E-state index < -0.39 is 0 Å². The molecule has 0 saturated carbocycles. The third-order valence-corrected chi connectivity index (χ3v) is 2.66. The minimum absolute atomic E-state index is 0.947. The number of hydrogen-bond donors (Lipinski definition) is 1. The molecule has 1 nitrogen and oxygen atoms in total. The molecule has 0 aliphatic carbocycles. The van der Waals surface area contributed by atoms with E-state index >= 15 is 0 Å². The molecule has 0 atom stereocenters. The smallest absolute Gasteiger partial charge is 0.0419 e. The zero-order chi connectivity index (χ0) is 11.4. The molecular formula is C15H17N. The average molecular weight is 211 g/mol. The molecular weight excluding hydrogens is 194 g/mol. The summed E-state index contributed by atoms with van der Waals surface area (Å²) in [5.74, 6) is 0. The third kappa shape index (κ3) is 2.25. The van der Waals surface area contributed by atoms with Crippen molar-refractivity contribution in [2.75, 3.05) is 11.9 Å². The fraction of sp³-hybridized carbons (Fsp3) is 0.200. The lowest BCUT2D eigenvalue weighted by Gasteiger charge is -2.10. The van der Waals surface area contributed by atoms with Crippen LogP contribution in [-0.2, 0) is 0 Å². The molecule has 0 heterocycles. The summed E-state index contributed by atoms with van der Waals surface area (Å²) in [6, 6.07) is 17.1. The molecule has 0 spiro atoms. The van der Waals surface area contributed by atoms with Gasteiger partial charge in [0.2, 0.25) is 0 Å². The highest BCUT2D eigenvalue weighted by molar-refractivity contribution is 5.77. The van der Waals surface area contributed by atoms with Crippen molar-refractivity contribution in [1.82, 2.24) is 0 Å². The van der Waals surface area contributed by atoms with Gasteiger partial charge in [0.15, 0.2) is 0 Å². The number of hydrogen-bond acceptors (Lipinski definition) is 1. The van der Waals surface area contributed by atoms with Crippen molar-refractivity contribution >= 4 is 5.69 Å². The molecule has 2 aromatic rings. The van der Waals surface area contributed by atoms with E-state index in [2.05, 4.69) is 67.7 Å². The van der Waals surface area contributed by atoms with Gasteiger partial charge in [-0.15, -0.1) is 0 Å². The number of para-hydroxylation sites is 1. The molecule has 0 fully saturated rings. The van der Waals surface area contributed by atoms with Crippen molar-refractivity contribution < 1.29 is 0 Å². The summed E-state index contributed by atoms with van der Waals surface area (Å²) in [5.41, 5.74) is 5.03. The first-order valence-electron chi connectivity index (χ1n) is 5.71. The highest BCUT2D eigenvalue weighted by Gasteiger charge is 2.02. The van der Waals surface area contributed by atoms with Gasteiger partial charge in [0.25, 0.3) is 0 Å². The topological polar surface area (TPSA) is 12.0 Å². The average Bonchev–Trinajstić information content (AvgIpc) is 2.32. The minimum atomic E-state index is 0.947. The summed E-state index contributed by atoms with van der Waals surface area (Å²) in [6.07, 6.45) is 0. The molecule has 0 unspecified atom stereocenters. The summed E-state index contributed by atoms with van der Waals surface area (Å²) in [5, 5.41) is 3.39. The molecule has 0 radical (unpaired) electrons. The van der Waals surface area contributed by atoms with Crippen molar-refractivity contribution in [3.63, 3.8) is 0 Å². The van der Waals surface area contributed by atoms with E-state index in [4.69, 9.17) is 0 Å². The Hall–Kier alpha value is -1.76. The number of nitrogens with one attached hydrogen (secondary N) is 1. The largest absolute Gasteiger partial charge is 0.385 e. The van der Waals surface area contributed by atoms with Crippen LogP contribution in [0.3, 0.4) is 0 Å². The SMILES string of the molecule is CCNc1ccccc1-c1ccc(C)cc1. The van der Waals surface area contributed by atoms with Crippen LogP contribution < -0.4 is 5.32 Å². The van der Waals surface area contributed by atoms with E-state index in [-0.39, 0.29) is 0 Å². The normalized spacial score (nSPS) is 10.1. The van der Waals surface area contributed by atoms with Gasteiger partial charge >= 0.3 is 0 Å². The van der Waals surface area contributed by atoms with E-state index in [1.54, 1.807) is 0 Å². The monoisotopic (exact) mass is 211 g/mol. The van der Waals surface area contributed by atoms with Gasteiger partial charge < -0.3 is 5.32 Å². The molecule has 82 valence electrons. The third-order valence-electron chi connectivity index (χ3n) is 2.66. The summed E-state index contributed by atoms with van der Waals surface area (Å²) in [4.78, 5) is 0. The van der Waals surface area contributed by atoms with Gasteiger partial charge in [0.05, 0.1) is 0 Å². The van der Waals surface area contributed by atoms with Crippen molar-refractivity contribution in [2.24, 2.45) is 0 Å². The minimum Gasteiger partial charge on any atom is -0.385 e. The Morgan fingerprint density at radius 3 is 2.31 bits per heavy atom. The Kier molecular flexibility index (Phi) is 3.25. The van der Waals surface area contributed by atoms with Crippen LogP contribution >= 0.6 is 0 Å². The first-order valence-corrected chi connectivity index (χ1v) is 5.71. The maximum Gasteiger partial charge on any atom is 0.0419 e. The fourth-order valence-corrected chi connectivity index (χ4v) is 1.81. The lowest BCUT2D eigenvalue weighted by Crippen LogP contribution is -1.98. The van der Waals surface area contributed by atoms with Gasteiger partial charge in [-0.05, 0) is 25.5 Å². The zero-order valence-corrected chi connectivity index (χ0v) is 9.83. The van der Waals surface area contributed by atoms with Crippen LogP contribution in [-0.4, -0.2) is 6.54 Å². The van der Waals surface area contributed by atoms with Crippen LogP contribution in [0.15, 0.2) is 48.5 Å². The van der Waals surface area contributed by atoms with Gasteiger partial charge in [-0.1, -0.05) is 48.0 Å². The fourth-order valence-electron chi connectivity index (χ4n) is 1.81. The summed E-state index contributed by atoms with van der Waals surface area (Å²) < 4.78 is 0. The highest BCUT2D eigenvalue weighted by atomic mass is 14.9. The highest BCUT2D eigenvalue weighted by Crippen LogP contribution is 2.27. The maximum atomic E-state index is 3.39. The molecule has 2 rings (SSSR count). The maximum absolute atomic E-state index is 3.39. The van der Waals surface area contributed by atoms with Crippen molar-refractivity contribution in [2.45, 2.75) is 13.8 Å². The second kappa shape index (κ2) is 4.84. The summed E-state index contributed by atoms with van der Waals surface area (Å²) in [6.45, 7) is 5.18. The molecule has 0 amide bonds. The van der Waals surface area contributed by atoms with Crippen LogP contribution in [0.4, 0.5) is 5.69 Å².